The van der Waals surface area contributed by atoms with E-state index < -0.39 is 12.2 Å². The predicted octanol–water partition coefficient (Wildman–Crippen LogP) is 9.59. The summed E-state index contributed by atoms with van der Waals surface area (Å²) >= 11 is 0. The summed E-state index contributed by atoms with van der Waals surface area (Å²) in [6.07, 6.45) is 29.5. The van der Waals surface area contributed by atoms with E-state index in [0.29, 0.717) is 41.8 Å². The third kappa shape index (κ3) is 8.14. The first kappa shape index (κ1) is 32.5. The zero-order valence-corrected chi connectivity index (χ0v) is 26.6. The Hall–Kier alpha value is -1.45. The van der Waals surface area contributed by atoms with E-state index in [1.165, 1.54) is 64.2 Å². The van der Waals surface area contributed by atoms with Crippen LogP contribution in [0.25, 0.3) is 0 Å². The van der Waals surface area contributed by atoms with Crippen LogP contribution >= 0.6 is 0 Å². The average molecular weight is 565 g/mol. The molecular formula is C38H60O3. The molecule has 0 aromatic heterocycles. The molecule has 41 heavy (non-hydrogen) atoms. The highest BCUT2D eigenvalue weighted by atomic mass is 16.3. The quantitative estimate of drug-likeness (QED) is 0.154. The van der Waals surface area contributed by atoms with Crippen molar-refractivity contribution in [2.45, 2.75) is 155 Å². The summed E-state index contributed by atoms with van der Waals surface area (Å²) < 4.78 is 0. The van der Waals surface area contributed by atoms with Crippen LogP contribution in [-0.4, -0.2) is 28.2 Å². The maximum absolute atomic E-state index is 13.0. The monoisotopic (exact) mass is 564 g/mol. The van der Waals surface area contributed by atoms with E-state index in [1.807, 2.05) is 0 Å². The Balaban J connectivity index is 1.25. The topological polar surface area (TPSA) is 57.5 Å². The molecular weight excluding hydrogens is 504 g/mol. The van der Waals surface area contributed by atoms with Crippen molar-refractivity contribution in [3.05, 3.63) is 47.6 Å². The van der Waals surface area contributed by atoms with Crippen LogP contribution in [0.4, 0.5) is 0 Å². The van der Waals surface area contributed by atoms with Crippen molar-refractivity contribution >= 4 is 5.78 Å². The SMILES string of the molecule is C=C1/C(=C\C=C2/CCC[C@]3(C)[C@@H]([C@H](C)/C=C/CCC4(C(=O)CCCCCCCCC)CC4)CC[C@@H]23)C[C@@H](O)C[C@@H]1O. The molecule has 0 spiro atoms. The molecule has 4 fully saturated rings. The third-order valence-corrected chi connectivity index (χ3v) is 11.6. The van der Waals surface area contributed by atoms with E-state index >= 15 is 0 Å². The Bertz CT molecular complexity index is 981. The Morgan fingerprint density at radius 1 is 1.05 bits per heavy atom. The molecule has 0 unspecified atom stereocenters. The summed E-state index contributed by atoms with van der Waals surface area (Å²) in [5.74, 6) is 2.43. The zero-order chi connectivity index (χ0) is 29.5. The summed E-state index contributed by atoms with van der Waals surface area (Å²) in [4.78, 5) is 13.0. The number of aliphatic hydroxyl groups excluding tert-OH is 2. The number of allylic oxidation sites excluding steroid dienone is 5. The standard InChI is InChI=1S/C38H60O3/c1-5-6-7-8-9-10-11-17-36(41)38(24-25-38)23-13-12-15-28(2)33-20-21-34-30(16-14-22-37(33,34)4)18-19-31-26-32(39)27-35(40)29(31)3/h12,15,18-19,28,32-35,39-40H,3,5-11,13-14,16-17,20-27H2,1-2,4H3/b15-12+,30-18+,31-19-/t28-,32-,33-,34+,35+,37-/m1/s1. The molecule has 3 nitrogen and oxygen atoms in total. The largest absolute Gasteiger partial charge is 0.393 e. The number of rotatable bonds is 15. The molecule has 0 heterocycles. The van der Waals surface area contributed by atoms with Gasteiger partial charge in [-0.25, -0.2) is 0 Å². The van der Waals surface area contributed by atoms with Crippen LogP contribution in [0, 0.1) is 28.6 Å². The van der Waals surface area contributed by atoms with Gasteiger partial charge in [-0.3, -0.25) is 4.79 Å². The van der Waals surface area contributed by atoms with E-state index in [9.17, 15) is 15.0 Å². The van der Waals surface area contributed by atoms with E-state index in [0.717, 1.165) is 56.1 Å². The number of aliphatic hydroxyl groups is 2. The second-order valence-electron chi connectivity index (χ2n) is 14.6. The van der Waals surface area contributed by atoms with E-state index in [4.69, 9.17) is 0 Å². The molecule has 0 aromatic carbocycles. The van der Waals surface area contributed by atoms with Gasteiger partial charge in [-0.05, 0) is 105 Å². The maximum atomic E-state index is 13.0. The fraction of sp³-hybridized carbons (Fsp3) is 0.763. The molecule has 4 aliphatic rings. The second kappa shape index (κ2) is 14.8. The molecule has 4 rings (SSSR count). The van der Waals surface area contributed by atoms with Crippen LogP contribution in [-0.2, 0) is 4.79 Å². The molecule has 2 N–H and O–H groups in total. The lowest BCUT2D eigenvalue weighted by Crippen LogP contribution is -2.35. The highest BCUT2D eigenvalue weighted by molar-refractivity contribution is 5.87. The van der Waals surface area contributed by atoms with Gasteiger partial charge in [-0.1, -0.05) is 95.8 Å². The molecule has 0 amide bonds. The number of Topliss-reactive ketones (excluding diaryl/α,β-unsaturated/α-hetero) is 1. The number of unbranched alkanes of at least 4 members (excludes halogenated alkanes) is 6. The fourth-order valence-corrected chi connectivity index (χ4v) is 8.74. The number of fused-ring (bicyclic) bond motifs is 1. The Morgan fingerprint density at radius 3 is 2.51 bits per heavy atom. The summed E-state index contributed by atoms with van der Waals surface area (Å²) in [5, 5.41) is 20.4. The average Bonchev–Trinajstić information content (AvgIpc) is 3.65. The first-order valence-corrected chi connectivity index (χ1v) is 17.3. The number of hydrogen-bond acceptors (Lipinski definition) is 3. The molecule has 0 saturated heterocycles. The van der Waals surface area contributed by atoms with Crippen molar-refractivity contribution in [2.24, 2.45) is 28.6 Å². The minimum atomic E-state index is -0.624. The normalized spacial score (nSPS) is 33.9. The minimum Gasteiger partial charge on any atom is -0.393 e. The van der Waals surface area contributed by atoms with E-state index in [2.05, 4.69) is 51.7 Å². The zero-order valence-electron chi connectivity index (χ0n) is 26.6. The lowest BCUT2D eigenvalue weighted by molar-refractivity contribution is -0.124. The second-order valence-corrected chi connectivity index (χ2v) is 14.6. The highest BCUT2D eigenvalue weighted by Crippen LogP contribution is 2.59. The molecule has 3 heteroatoms. The summed E-state index contributed by atoms with van der Waals surface area (Å²) in [7, 11) is 0. The van der Waals surface area contributed by atoms with Crippen LogP contribution in [0.3, 0.4) is 0 Å². The predicted molar refractivity (Wildman–Crippen MR) is 172 cm³/mol. The Kier molecular flexibility index (Phi) is 11.7. The molecule has 4 aliphatic carbocycles. The maximum Gasteiger partial charge on any atom is 0.139 e. The summed E-state index contributed by atoms with van der Waals surface area (Å²) in [5.41, 5.74) is 3.70. The van der Waals surface area contributed by atoms with Gasteiger partial charge in [0.2, 0.25) is 0 Å². The molecule has 4 saturated carbocycles. The molecule has 0 bridgehead atoms. The molecule has 6 atom stereocenters. The van der Waals surface area contributed by atoms with Crippen LogP contribution in [0.5, 0.6) is 0 Å². The number of carbonyl (C=O) groups is 1. The molecule has 0 radical (unpaired) electrons. The van der Waals surface area contributed by atoms with Crippen LogP contribution in [0.1, 0.15) is 143 Å². The van der Waals surface area contributed by atoms with E-state index in [1.54, 1.807) is 5.57 Å². The van der Waals surface area contributed by atoms with Gasteiger partial charge in [0.05, 0.1) is 12.2 Å². The van der Waals surface area contributed by atoms with E-state index in [-0.39, 0.29) is 5.41 Å². The van der Waals surface area contributed by atoms with Crippen LogP contribution < -0.4 is 0 Å². The summed E-state index contributed by atoms with van der Waals surface area (Å²) in [6.45, 7) is 11.3. The van der Waals surface area contributed by atoms with Crippen molar-refractivity contribution in [1.29, 1.82) is 0 Å². The molecule has 230 valence electrons. The molecule has 0 aromatic rings. The van der Waals surface area contributed by atoms with Crippen molar-refractivity contribution in [3.63, 3.8) is 0 Å². The number of ketones is 1. The number of carbonyl (C=O) groups excluding carboxylic acids is 1. The lowest BCUT2D eigenvalue weighted by atomic mass is 9.61. The fourth-order valence-electron chi connectivity index (χ4n) is 8.74. The first-order valence-electron chi connectivity index (χ1n) is 17.3. The number of hydrogen-bond donors (Lipinski definition) is 2. The minimum absolute atomic E-state index is 0.0214. The summed E-state index contributed by atoms with van der Waals surface area (Å²) in [6, 6.07) is 0. The van der Waals surface area contributed by atoms with Crippen molar-refractivity contribution in [3.8, 4) is 0 Å². The highest BCUT2D eigenvalue weighted by Gasteiger charge is 2.50. The molecule has 0 aliphatic heterocycles. The van der Waals surface area contributed by atoms with Gasteiger partial charge in [0.15, 0.2) is 0 Å². The van der Waals surface area contributed by atoms with Crippen molar-refractivity contribution in [2.75, 3.05) is 0 Å². The van der Waals surface area contributed by atoms with Crippen LogP contribution in [0.15, 0.2) is 47.6 Å². The van der Waals surface area contributed by atoms with Gasteiger partial charge in [-0.15, -0.1) is 0 Å². The van der Waals surface area contributed by atoms with Gasteiger partial charge in [0.25, 0.3) is 0 Å². The first-order chi connectivity index (χ1) is 19.7. The van der Waals surface area contributed by atoms with Gasteiger partial charge in [-0.2, -0.15) is 0 Å². The lowest BCUT2D eigenvalue weighted by Gasteiger charge is -2.44. The van der Waals surface area contributed by atoms with Gasteiger partial charge in [0.1, 0.15) is 5.78 Å². The smallest absolute Gasteiger partial charge is 0.139 e. The van der Waals surface area contributed by atoms with Crippen molar-refractivity contribution in [1.82, 2.24) is 0 Å². The van der Waals surface area contributed by atoms with Crippen molar-refractivity contribution < 1.29 is 15.0 Å². The van der Waals surface area contributed by atoms with Crippen LogP contribution in [0.2, 0.25) is 0 Å². The van der Waals surface area contributed by atoms with Gasteiger partial charge < -0.3 is 10.2 Å². The van der Waals surface area contributed by atoms with Gasteiger partial charge >= 0.3 is 0 Å². The van der Waals surface area contributed by atoms with Gasteiger partial charge in [0, 0.05) is 18.3 Å². The Morgan fingerprint density at radius 2 is 1.78 bits per heavy atom. The Labute approximate surface area is 251 Å². The third-order valence-electron chi connectivity index (χ3n) is 11.6.